The van der Waals surface area contributed by atoms with Gasteiger partial charge in [0, 0.05) is 33.2 Å². The highest BCUT2D eigenvalue weighted by atomic mass is 15.0. The van der Waals surface area contributed by atoms with Crippen molar-refractivity contribution >= 4 is 32.6 Å². The van der Waals surface area contributed by atoms with E-state index in [1.807, 2.05) is 60.7 Å². The molecule has 11 rings (SSSR count). The predicted octanol–water partition coefficient (Wildman–Crippen LogP) is 14.1. The molecule has 0 atom stereocenters. The summed E-state index contributed by atoms with van der Waals surface area (Å²) in [6, 6.07) is 77.2. The van der Waals surface area contributed by atoms with E-state index in [0.717, 1.165) is 33.5 Å². The molecule has 0 unspecified atom stereocenters. The molecular weight excluding hydrogens is 717 g/mol. The zero-order chi connectivity index (χ0) is 39.1. The fraction of sp³-hybridized carbons (Fsp3) is 0. The second kappa shape index (κ2) is 14.5. The van der Waals surface area contributed by atoms with Gasteiger partial charge in [0.05, 0.1) is 11.0 Å². The van der Waals surface area contributed by atoms with E-state index in [1.54, 1.807) is 0 Å². The van der Waals surface area contributed by atoms with Gasteiger partial charge in [-0.05, 0) is 86.6 Å². The van der Waals surface area contributed by atoms with Crippen molar-refractivity contribution in [2.75, 3.05) is 0 Å². The van der Waals surface area contributed by atoms with Gasteiger partial charge in [-0.25, -0.2) is 15.0 Å². The van der Waals surface area contributed by atoms with Gasteiger partial charge in [-0.3, -0.25) is 0 Å². The lowest BCUT2D eigenvalue weighted by atomic mass is 9.97. The Morgan fingerprint density at radius 1 is 0.271 bits per heavy atom. The summed E-state index contributed by atoms with van der Waals surface area (Å²) in [5.41, 5.74) is 13.3. The van der Waals surface area contributed by atoms with Crippen LogP contribution in [0.3, 0.4) is 0 Å². The maximum atomic E-state index is 5.00. The van der Waals surface area contributed by atoms with E-state index < -0.39 is 0 Å². The molecule has 0 aliphatic heterocycles. The quantitative estimate of drug-likeness (QED) is 0.163. The Labute approximate surface area is 342 Å². The van der Waals surface area contributed by atoms with Gasteiger partial charge in [0.1, 0.15) is 0 Å². The van der Waals surface area contributed by atoms with Crippen molar-refractivity contribution in [1.29, 1.82) is 0 Å². The topological polar surface area (TPSA) is 43.6 Å². The lowest BCUT2D eigenvalue weighted by Gasteiger charge is -2.14. The standard InChI is InChI=1S/C55H36N4/c1-5-16-37(17-6-1)45-34-46(38-18-7-2-8-19-38)36-47(35-45)59-50-27-14-13-26-49(50)52-48-30-28-42(32-43(48)29-31-51(52)59)41-24-15-25-44(33-41)55-57-53(39-20-9-3-10-21-39)56-54(58-55)40-22-11-4-12-23-40/h1-36H. The molecule has 0 fully saturated rings. The van der Waals surface area contributed by atoms with Crippen LogP contribution in [0.5, 0.6) is 0 Å². The van der Waals surface area contributed by atoms with Gasteiger partial charge < -0.3 is 4.57 Å². The molecule has 9 aromatic carbocycles. The van der Waals surface area contributed by atoms with E-state index in [1.165, 1.54) is 54.8 Å². The second-order valence-electron chi connectivity index (χ2n) is 14.9. The Balaban J connectivity index is 1.04. The highest BCUT2D eigenvalue weighted by Crippen LogP contribution is 2.40. The highest BCUT2D eigenvalue weighted by molar-refractivity contribution is 6.21. The number of aromatic nitrogens is 4. The molecule has 4 heteroatoms. The Morgan fingerprint density at radius 2 is 0.746 bits per heavy atom. The summed E-state index contributed by atoms with van der Waals surface area (Å²) in [4.78, 5) is 14.9. The minimum absolute atomic E-state index is 0.640. The molecule has 59 heavy (non-hydrogen) atoms. The predicted molar refractivity (Wildman–Crippen MR) is 244 cm³/mol. The summed E-state index contributed by atoms with van der Waals surface area (Å²) in [5.74, 6) is 1.94. The molecular formula is C55H36N4. The molecule has 4 nitrogen and oxygen atoms in total. The molecule has 0 saturated heterocycles. The summed E-state index contributed by atoms with van der Waals surface area (Å²) < 4.78 is 2.43. The van der Waals surface area contributed by atoms with Crippen molar-refractivity contribution in [3.05, 3.63) is 218 Å². The smallest absolute Gasteiger partial charge is 0.164 e. The first-order valence-corrected chi connectivity index (χ1v) is 19.9. The van der Waals surface area contributed by atoms with Gasteiger partial charge in [-0.15, -0.1) is 0 Å². The third-order valence-electron chi connectivity index (χ3n) is 11.2. The second-order valence-corrected chi connectivity index (χ2v) is 14.9. The minimum Gasteiger partial charge on any atom is -0.309 e. The zero-order valence-corrected chi connectivity index (χ0v) is 32.1. The van der Waals surface area contributed by atoms with Gasteiger partial charge in [-0.2, -0.15) is 0 Å². The summed E-state index contributed by atoms with van der Waals surface area (Å²) in [7, 11) is 0. The lowest BCUT2D eigenvalue weighted by Crippen LogP contribution is -2.00. The first-order chi connectivity index (χ1) is 29.2. The number of para-hydroxylation sites is 1. The first kappa shape index (κ1) is 34.3. The number of benzene rings is 9. The molecule has 0 N–H and O–H groups in total. The summed E-state index contributed by atoms with van der Waals surface area (Å²) in [6.07, 6.45) is 0. The molecule has 0 aliphatic rings. The molecule has 0 radical (unpaired) electrons. The van der Waals surface area contributed by atoms with Crippen LogP contribution in [0, 0.1) is 0 Å². The largest absolute Gasteiger partial charge is 0.309 e. The van der Waals surface area contributed by atoms with Crippen LogP contribution < -0.4 is 0 Å². The van der Waals surface area contributed by atoms with Crippen LogP contribution in [0.2, 0.25) is 0 Å². The third-order valence-corrected chi connectivity index (χ3v) is 11.2. The van der Waals surface area contributed by atoms with Crippen molar-refractivity contribution in [3.63, 3.8) is 0 Å². The van der Waals surface area contributed by atoms with Gasteiger partial charge in [0.25, 0.3) is 0 Å². The summed E-state index contributed by atoms with van der Waals surface area (Å²) in [5, 5.41) is 4.88. The monoisotopic (exact) mass is 752 g/mol. The molecule has 0 amide bonds. The number of rotatable bonds is 7. The third kappa shape index (κ3) is 6.34. The first-order valence-electron chi connectivity index (χ1n) is 19.9. The number of hydrogen-bond donors (Lipinski definition) is 0. The highest BCUT2D eigenvalue weighted by Gasteiger charge is 2.18. The van der Waals surface area contributed by atoms with Gasteiger partial charge >= 0.3 is 0 Å². The molecule has 0 aliphatic carbocycles. The van der Waals surface area contributed by atoms with Crippen molar-refractivity contribution in [3.8, 4) is 73.2 Å². The lowest BCUT2D eigenvalue weighted by molar-refractivity contribution is 1.07. The van der Waals surface area contributed by atoms with Crippen LogP contribution >= 0.6 is 0 Å². The van der Waals surface area contributed by atoms with E-state index >= 15 is 0 Å². The summed E-state index contributed by atoms with van der Waals surface area (Å²) in [6.45, 7) is 0. The number of hydrogen-bond acceptors (Lipinski definition) is 3. The molecule has 2 aromatic heterocycles. The minimum atomic E-state index is 0.640. The Kier molecular flexibility index (Phi) is 8.45. The van der Waals surface area contributed by atoms with Gasteiger partial charge in [-0.1, -0.05) is 176 Å². The van der Waals surface area contributed by atoms with Crippen LogP contribution in [-0.4, -0.2) is 19.5 Å². The van der Waals surface area contributed by atoms with Crippen LogP contribution in [0.15, 0.2) is 218 Å². The van der Waals surface area contributed by atoms with Crippen molar-refractivity contribution in [1.82, 2.24) is 19.5 Å². The van der Waals surface area contributed by atoms with Crippen molar-refractivity contribution < 1.29 is 0 Å². The van der Waals surface area contributed by atoms with Crippen LogP contribution in [0.1, 0.15) is 0 Å². The fourth-order valence-corrected chi connectivity index (χ4v) is 8.37. The molecule has 0 spiro atoms. The fourth-order valence-electron chi connectivity index (χ4n) is 8.37. The Hall–Kier alpha value is -7.95. The summed E-state index contributed by atoms with van der Waals surface area (Å²) >= 11 is 0. The Morgan fingerprint density at radius 3 is 1.36 bits per heavy atom. The van der Waals surface area contributed by atoms with E-state index in [-0.39, 0.29) is 0 Å². The molecule has 2 heterocycles. The maximum Gasteiger partial charge on any atom is 0.164 e. The molecule has 11 aromatic rings. The van der Waals surface area contributed by atoms with Crippen LogP contribution in [0.25, 0.3) is 106 Å². The van der Waals surface area contributed by atoms with Gasteiger partial charge in [0.2, 0.25) is 0 Å². The van der Waals surface area contributed by atoms with E-state index in [4.69, 9.17) is 15.0 Å². The van der Waals surface area contributed by atoms with Crippen LogP contribution in [-0.2, 0) is 0 Å². The van der Waals surface area contributed by atoms with E-state index in [0.29, 0.717) is 17.5 Å². The van der Waals surface area contributed by atoms with Crippen LogP contribution in [0.4, 0.5) is 0 Å². The zero-order valence-electron chi connectivity index (χ0n) is 32.1. The maximum absolute atomic E-state index is 5.00. The molecule has 0 saturated carbocycles. The van der Waals surface area contributed by atoms with E-state index in [9.17, 15) is 0 Å². The van der Waals surface area contributed by atoms with Gasteiger partial charge in [0.15, 0.2) is 17.5 Å². The molecule has 276 valence electrons. The van der Waals surface area contributed by atoms with Crippen molar-refractivity contribution in [2.45, 2.75) is 0 Å². The normalized spacial score (nSPS) is 11.4. The number of nitrogens with zero attached hydrogens (tertiary/aromatic N) is 4. The van der Waals surface area contributed by atoms with Crippen molar-refractivity contribution in [2.24, 2.45) is 0 Å². The molecule has 0 bridgehead atoms. The average Bonchev–Trinajstić information content (AvgIpc) is 3.67. The number of fused-ring (bicyclic) bond motifs is 5. The Bertz CT molecular complexity index is 3190. The SMILES string of the molecule is c1ccc(-c2cc(-c3ccccc3)cc(-n3c4ccccc4c4c5ccc(-c6cccc(-c7nc(-c8ccccc8)nc(-c8ccccc8)n7)c6)cc5ccc43)c2)cc1. The van der Waals surface area contributed by atoms with E-state index in [2.05, 4.69) is 162 Å². The average molecular weight is 753 g/mol.